The van der Waals surface area contributed by atoms with E-state index in [1.165, 1.54) is 0 Å². The van der Waals surface area contributed by atoms with E-state index in [1.54, 1.807) is 25.0 Å². The average Bonchev–Trinajstić information content (AvgIpc) is 2.99. The van der Waals surface area contributed by atoms with E-state index in [0.29, 0.717) is 25.4 Å². The highest BCUT2D eigenvalue weighted by Crippen LogP contribution is 2.23. The second-order valence-corrected chi connectivity index (χ2v) is 4.71. The Kier molecular flexibility index (Phi) is 5.55. The summed E-state index contributed by atoms with van der Waals surface area (Å²) in [7, 11) is 3.22. The number of hydrogen-bond donors (Lipinski definition) is 1. The molecule has 2 aromatic rings. The van der Waals surface area contributed by atoms with E-state index in [0.717, 1.165) is 17.0 Å². The summed E-state index contributed by atoms with van der Waals surface area (Å²) >= 11 is 0. The first-order valence-electron chi connectivity index (χ1n) is 7.19. The van der Waals surface area contributed by atoms with E-state index in [1.807, 2.05) is 31.2 Å². The molecule has 0 aliphatic carbocycles. The summed E-state index contributed by atoms with van der Waals surface area (Å²) in [5, 5.41) is 7.31. The first kappa shape index (κ1) is 16.0. The van der Waals surface area contributed by atoms with Crippen molar-refractivity contribution < 1.29 is 14.3 Å². The van der Waals surface area contributed by atoms with Gasteiger partial charge in [0.05, 0.1) is 19.4 Å². The van der Waals surface area contributed by atoms with Crippen LogP contribution in [0.3, 0.4) is 0 Å². The zero-order chi connectivity index (χ0) is 15.9. The van der Waals surface area contributed by atoms with Gasteiger partial charge in [-0.3, -0.25) is 9.48 Å². The van der Waals surface area contributed by atoms with Crippen molar-refractivity contribution in [3.63, 3.8) is 0 Å². The smallest absolute Gasteiger partial charge is 0.269 e. The van der Waals surface area contributed by atoms with Crippen molar-refractivity contribution in [3.05, 3.63) is 36.0 Å². The lowest BCUT2D eigenvalue weighted by molar-refractivity contribution is 0.0926. The van der Waals surface area contributed by atoms with Crippen molar-refractivity contribution in [1.29, 1.82) is 0 Å². The molecule has 0 spiro atoms. The molecule has 0 aliphatic rings. The molecular formula is C16H21N3O3. The van der Waals surface area contributed by atoms with Crippen LogP contribution in [0.1, 0.15) is 17.4 Å². The number of methoxy groups -OCH3 is 2. The van der Waals surface area contributed by atoms with E-state index < -0.39 is 0 Å². The van der Waals surface area contributed by atoms with Crippen LogP contribution in [-0.2, 0) is 11.3 Å². The second-order valence-electron chi connectivity index (χ2n) is 4.71. The van der Waals surface area contributed by atoms with Gasteiger partial charge in [0.15, 0.2) is 0 Å². The predicted molar refractivity (Wildman–Crippen MR) is 84.1 cm³/mol. The Morgan fingerprint density at radius 2 is 2.14 bits per heavy atom. The normalized spacial score (nSPS) is 10.5. The van der Waals surface area contributed by atoms with E-state index in [4.69, 9.17) is 9.47 Å². The van der Waals surface area contributed by atoms with E-state index in [2.05, 4.69) is 10.4 Å². The highest BCUT2D eigenvalue weighted by molar-refractivity contribution is 5.93. The Balaban J connectivity index is 2.25. The second kappa shape index (κ2) is 7.61. The number of aryl methyl sites for hydroxylation is 1. The highest BCUT2D eigenvalue weighted by Gasteiger charge is 2.15. The number of nitrogens with one attached hydrogen (secondary N) is 1. The fourth-order valence-electron chi connectivity index (χ4n) is 2.12. The molecule has 0 fully saturated rings. The lowest BCUT2D eigenvalue weighted by Gasteiger charge is -2.05. The lowest BCUT2D eigenvalue weighted by atomic mass is 10.1. The number of aromatic nitrogens is 2. The number of benzene rings is 1. The minimum Gasteiger partial charge on any atom is -0.497 e. The fourth-order valence-corrected chi connectivity index (χ4v) is 2.12. The van der Waals surface area contributed by atoms with Gasteiger partial charge >= 0.3 is 0 Å². The molecule has 0 saturated heterocycles. The summed E-state index contributed by atoms with van der Waals surface area (Å²) in [4.78, 5) is 12.2. The molecular weight excluding hydrogens is 282 g/mol. The summed E-state index contributed by atoms with van der Waals surface area (Å²) in [6.45, 7) is 3.53. The van der Waals surface area contributed by atoms with Crippen molar-refractivity contribution in [2.45, 2.75) is 13.5 Å². The van der Waals surface area contributed by atoms with Crippen LogP contribution in [0.2, 0.25) is 0 Å². The molecule has 1 aromatic heterocycles. The zero-order valence-electron chi connectivity index (χ0n) is 13.1. The van der Waals surface area contributed by atoms with Crippen LogP contribution in [-0.4, -0.2) is 43.1 Å². The lowest BCUT2D eigenvalue weighted by Crippen LogP contribution is -2.29. The summed E-state index contributed by atoms with van der Waals surface area (Å²) in [5.74, 6) is 0.607. The van der Waals surface area contributed by atoms with Gasteiger partial charge in [0.1, 0.15) is 11.4 Å². The Morgan fingerprint density at radius 1 is 1.32 bits per heavy atom. The van der Waals surface area contributed by atoms with Crippen LogP contribution < -0.4 is 10.1 Å². The maximum Gasteiger partial charge on any atom is 0.269 e. The van der Waals surface area contributed by atoms with Gasteiger partial charge in [-0.1, -0.05) is 12.1 Å². The van der Waals surface area contributed by atoms with Crippen LogP contribution in [0.25, 0.3) is 11.3 Å². The van der Waals surface area contributed by atoms with Crippen LogP contribution in [0.5, 0.6) is 5.75 Å². The molecule has 1 heterocycles. The first-order chi connectivity index (χ1) is 10.7. The molecule has 1 N–H and O–H groups in total. The number of ether oxygens (including phenoxy) is 2. The van der Waals surface area contributed by atoms with Crippen LogP contribution in [0.15, 0.2) is 30.3 Å². The van der Waals surface area contributed by atoms with Gasteiger partial charge in [-0.05, 0) is 25.1 Å². The number of carbonyl (C=O) groups excluding carboxylic acids is 1. The topological polar surface area (TPSA) is 65.4 Å². The van der Waals surface area contributed by atoms with E-state index in [-0.39, 0.29) is 5.91 Å². The molecule has 0 unspecified atom stereocenters. The molecule has 6 nitrogen and oxygen atoms in total. The predicted octanol–water partition coefficient (Wildman–Crippen LogP) is 1.95. The number of amides is 1. The molecule has 0 atom stereocenters. The molecule has 0 aliphatic heterocycles. The fraction of sp³-hybridized carbons (Fsp3) is 0.375. The molecule has 0 saturated carbocycles. The zero-order valence-corrected chi connectivity index (χ0v) is 13.1. The highest BCUT2D eigenvalue weighted by atomic mass is 16.5. The monoisotopic (exact) mass is 303 g/mol. The van der Waals surface area contributed by atoms with E-state index in [9.17, 15) is 4.79 Å². The van der Waals surface area contributed by atoms with Gasteiger partial charge in [-0.2, -0.15) is 5.10 Å². The standard InChI is InChI=1S/C16H21N3O3/c1-4-19-15(16(20)17-8-9-21-2)11-14(18-19)12-6-5-7-13(10-12)22-3/h5-7,10-11H,4,8-9H2,1-3H3,(H,17,20). The van der Waals surface area contributed by atoms with Gasteiger partial charge in [-0.15, -0.1) is 0 Å². The SMILES string of the molecule is CCn1nc(-c2cccc(OC)c2)cc1C(=O)NCCOC. The van der Waals surface area contributed by atoms with Crippen molar-refractivity contribution >= 4 is 5.91 Å². The summed E-state index contributed by atoms with van der Waals surface area (Å²) in [5.41, 5.74) is 2.20. The molecule has 1 amide bonds. The van der Waals surface area contributed by atoms with Crippen molar-refractivity contribution in [3.8, 4) is 17.0 Å². The summed E-state index contributed by atoms with van der Waals surface area (Å²) in [6.07, 6.45) is 0. The largest absolute Gasteiger partial charge is 0.497 e. The molecule has 1 aromatic carbocycles. The minimum absolute atomic E-state index is 0.152. The van der Waals surface area contributed by atoms with Crippen LogP contribution in [0.4, 0.5) is 0 Å². The number of carbonyl (C=O) groups is 1. The molecule has 0 bridgehead atoms. The Morgan fingerprint density at radius 3 is 2.82 bits per heavy atom. The molecule has 6 heteroatoms. The summed E-state index contributed by atoms with van der Waals surface area (Å²) in [6, 6.07) is 9.41. The Labute approximate surface area is 130 Å². The van der Waals surface area contributed by atoms with E-state index >= 15 is 0 Å². The van der Waals surface area contributed by atoms with Crippen molar-refractivity contribution in [1.82, 2.24) is 15.1 Å². The number of rotatable bonds is 7. The average molecular weight is 303 g/mol. The van der Waals surface area contributed by atoms with Gasteiger partial charge in [-0.25, -0.2) is 0 Å². The maximum absolute atomic E-state index is 12.2. The summed E-state index contributed by atoms with van der Waals surface area (Å²) < 4.78 is 11.8. The first-order valence-corrected chi connectivity index (χ1v) is 7.19. The van der Waals surface area contributed by atoms with Gasteiger partial charge in [0.2, 0.25) is 0 Å². The van der Waals surface area contributed by atoms with Crippen LogP contribution >= 0.6 is 0 Å². The molecule has 22 heavy (non-hydrogen) atoms. The third kappa shape index (κ3) is 3.65. The third-order valence-corrected chi connectivity index (χ3v) is 3.27. The quantitative estimate of drug-likeness (QED) is 0.794. The maximum atomic E-state index is 12.2. The molecule has 2 rings (SSSR count). The Hall–Kier alpha value is -2.34. The molecule has 0 radical (unpaired) electrons. The number of hydrogen-bond acceptors (Lipinski definition) is 4. The van der Waals surface area contributed by atoms with Crippen molar-refractivity contribution in [2.24, 2.45) is 0 Å². The van der Waals surface area contributed by atoms with Gasteiger partial charge in [0.25, 0.3) is 5.91 Å². The van der Waals surface area contributed by atoms with Crippen LogP contribution in [0, 0.1) is 0 Å². The third-order valence-electron chi connectivity index (χ3n) is 3.27. The number of nitrogens with zero attached hydrogens (tertiary/aromatic N) is 2. The van der Waals surface area contributed by atoms with Gasteiger partial charge in [0, 0.05) is 25.8 Å². The Bertz CT molecular complexity index is 637. The van der Waals surface area contributed by atoms with Gasteiger partial charge < -0.3 is 14.8 Å². The minimum atomic E-state index is -0.152. The molecule has 118 valence electrons. The van der Waals surface area contributed by atoms with Crippen molar-refractivity contribution in [2.75, 3.05) is 27.4 Å².